The van der Waals surface area contributed by atoms with Crippen LogP contribution in [0, 0.1) is 5.82 Å². The fourth-order valence-electron chi connectivity index (χ4n) is 1.48. The third-order valence-electron chi connectivity index (χ3n) is 2.57. The molecule has 0 bridgehead atoms. The van der Waals surface area contributed by atoms with Crippen molar-refractivity contribution < 1.29 is 9.50 Å². The van der Waals surface area contributed by atoms with Crippen molar-refractivity contribution in [3.05, 3.63) is 42.0 Å². The first kappa shape index (κ1) is 14.0. The minimum Gasteiger partial charge on any atom is -0.384 e. The second-order valence-electron chi connectivity index (χ2n) is 4.73. The fraction of sp³-hybridized carbons (Fsp3) is 0.385. The third kappa shape index (κ3) is 4.04. The van der Waals surface area contributed by atoms with Crippen LogP contribution in [0.15, 0.2) is 35.4 Å². The Morgan fingerprint density at radius 1 is 1.32 bits per heavy atom. The van der Waals surface area contributed by atoms with Crippen molar-refractivity contribution in [1.29, 1.82) is 0 Å². The minimum atomic E-state index is -0.970. The lowest BCUT2D eigenvalue weighted by Crippen LogP contribution is -2.15. The number of hydrogen-bond acceptors (Lipinski definition) is 4. The van der Waals surface area contributed by atoms with Crippen LogP contribution in [-0.2, 0) is 12.1 Å². The summed E-state index contributed by atoms with van der Waals surface area (Å²) >= 11 is 1.62. The van der Waals surface area contributed by atoms with E-state index in [0.717, 1.165) is 10.6 Å². The van der Waals surface area contributed by atoms with Gasteiger partial charge >= 0.3 is 0 Å². The number of halogens is 1. The summed E-state index contributed by atoms with van der Waals surface area (Å²) in [7, 11) is 0. The van der Waals surface area contributed by atoms with Crippen LogP contribution in [0.5, 0.6) is 0 Å². The predicted octanol–water partition coefficient (Wildman–Crippen LogP) is 2.44. The zero-order chi connectivity index (χ0) is 13.9. The Morgan fingerprint density at radius 2 is 2.00 bits per heavy atom. The highest BCUT2D eigenvalue weighted by Gasteiger charge is 2.19. The molecule has 2 rings (SSSR count). The molecule has 1 N–H and O–H groups in total. The van der Waals surface area contributed by atoms with Crippen molar-refractivity contribution in [2.45, 2.75) is 30.9 Å². The van der Waals surface area contributed by atoms with Gasteiger partial charge in [-0.25, -0.2) is 4.39 Å². The summed E-state index contributed by atoms with van der Waals surface area (Å²) in [5.41, 5.74) is -0.415. The molecule has 19 heavy (non-hydrogen) atoms. The van der Waals surface area contributed by atoms with Crippen LogP contribution >= 0.6 is 11.8 Å². The average molecular weight is 281 g/mol. The predicted molar refractivity (Wildman–Crippen MR) is 72.4 cm³/mol. The summed E-state index contributed by atoms with van der Waals surface area (Å²) in [5.74, 6) is 0.579. The van der Waals surface area contributed by atoms with E-state index in [-0.39, 0.29) is 5.82 Å². The smallest absolute Gasteiger partial charge is 0.123 e. The minimum absolute atomic E-state index is 0.226. The van der Waals surface area contributed by atoms with Gasteiger partial charge in [-0.05, 0) is 38.1 Å². The summed E-state index contributed by atoms with van der Waals surface area (Å²) in [5, 5.41) is 17.7. The summed E-state index contributed by atoms with van der Waals surface area (Å²) in [4.78, 5) is 1.02. The number of aliphatic hydroxyl groups is 1. The number of rotatable bonds is 5. The van der Waals surface area contributed by atoms with Crippen molar-refractivity contribution >= 4 is 11.8 Å². The molecule has 1 heterocycles. The Kier molecular flexibility index (Phi) is 4.21. The lowest BCUT2D eigenvalue weighted by atomic mass is 10.1. The molecule has 6 heteroatoms. The zero-order valence-electron chi connectivity index (χ0n) is 10.9. The second-order valence-corrected chi connectivity index (χ2v) is 5.90. The lowest BCUT2D eigenvalue weighted by Gasteiger charge is -2.11. The van der Waals surface area contributed by atoms with Crippen LogP contribution in [0.4, 0.5) is 4.39 Å². The first-order valence-electron chi connectivity index (χ1n) is 5.96. The quantitative estimate of drug-likeness (QED) is 0.855. The number of thioether (sulfide) groups is 1. The van der Waals surface area contributed by atoms with Crippen LogP contribution in [0.3, 0.4) is 0 Å². The highest BCUT2D eigenvalue weighted by molar-refractivity contribution is 7.99. The standard InChI is InChI=1S/C13H16FN3OS/c1-13(2,18)12-9-17(16-15-12)7-8-19-11-5-3-10(14)4-6-11/h3-6,9,18H,7-8H2,1-2H3. The lowest BCUT2D eigenvalue weighted by molar-refractivity contribution is 0.0737. The van der Waals surface area contributed by atoms with Crippen LogP contribution < -0.4 is 0 Å². The number of hydrogen-bond donors (Lipinski definition) is 1. The maximum Gasteiger partial charge on any atom is 0.123 e. The van der Waals surface area contributed by atoms with Crippen LogP contribution in [0.25, 0.3) is 0 Å². The Labute approximate surface area is 115 Å². The van der Waals surface area contributed by atoms with E-state index in [9.17, 15) is 9.50 Å². The Hall–Kier alpha value is -1.40. The van der Waals surface area contributed by atoms with Gasteiger partial charge in [0.15, 0.2) is 0 Å². The molecule has 0 radical (unpaired) electrons. The number of benzene rings is 1. The molecule has 1 aromatic heterocycles. The molecule has 0 aliphatic rings. The first-order valence-corrected chi connectivity index (χ1v) is 6.95. The fourth-order valence-corrected chi connectivity index (χ4v) is 2.32. The maximum absolute atomic E-state index is 12.7. The monoisotopic (exact) mass is 281 g/mol. The van der Waals surface area contributed by atoms with E-state index in [2.05, 4.69) is 10.3 Å². The molecule has 0 spiro atoms. The molecule has 0 saturated carbocycles. The molecule has 0 atom stereocenters. The molecule has 0 aliphatic carbocycles. The molecule has 0 amide bonds. The van der Waals surface area contributed by atoms with E-state index >= 15 is 0 Å². The zero-order valence-corrected chi connectivity index (χ0v) is 11.7. The van der Waals surface area contributed by atoms with Crippen molar-refractivity contribution in [3.8, 4) is 0 Å². The van der Waals surface area contributed by atoms with E-state index in [0.29, 0.717) is 12.2 Å². The van der Waals surface area contributed by atoms with Gasteiger partial charge in [0.2, 0.25) is 0 Å². The molecular formula is C13H16FN3OS. The number of aromatic nitrogens is 3. The molecule has 2 aromatic rings. The van der Waals surface area contributed by atoms with Crippen LogP contribution in [0.2, 0.25) is 0 Å². The first-order chi connectivity index (χ1) is 8.95. The van der Waals surface area contributed by atoms with Gasteiger partial charge in [-0.3, -0.25) is 4.68 Å². The summed E-state index contributed by atoms with van der Waals surface area (Å²) in [6, 6.07) is 6.40. The van der Waals surface area contributed by atoms with Gasteiger partial charge in [0, 0.05) is 10.6 Å². The van der Waals surface area contributed by atoms with Gasteiger partial charge in [-0.15, -0.1) is 16.9 Å². The molecule has 4 nitrogen and oxygen atoms in total. The summed E-state index contributed by atoms with van der Waals surface area (Å²) in [6.07, 6.45) is 1.74. The molecule has 0 unspecified atom stereocenters. The maximum atomic E-state index is 12.7. The van der Waals surface area contributed by atoms with E-state index in [1.54, 1.807) is 48.6 Å². The van der Waals surface area contributed by atoms with Crippen molar-refractivity contribution in [1.82, 2.24) is 15.0 Å². The van der Waals surface area contributed by atoms with Gasteiger partial charge in [0.25, 0.3) is 0 Å². The van der Waals surface area contributed by atoms with Gasteiger partial charge in [0.05, 0.1) is 12.7 Å². The van der Waals surface area contributed by atoms with Gasteiger partial charge in [0.1, 0.15) is 17.1 Å². The normalized spacial score (nSPS) is 11.8. The van der Waals surface area contributed by atoms with Crippen molar-refractivity contribution in [2.24, 2.45) is 0 Å². The SMILES string of the molecule is CC(C)(O)c1cn(CCSc2ccc(F)cc2)nn1. The van der Waals surface area contributed by atoms with Gasteiger partial charge in [-0.1, -0.05) is 5.21 Å². The molecule has 1 aromatic carbocycles. The van der Waals surface area contributed by atoms with E-state index in [1.807, 2.05) is 0 Å². The van der Waals surface area contributed by atoms with E-state index < -0.39 is 5.60 Å². The number of aryl methyl sites for hydroxylation is 1. The topological polar surface area (TPSA) is 50.9 Å². The van der Waals surface area contributed by atoms with Crippen LogP contribution in [0.1, 0.15) is 19.5 Å². The largest absolute Gasteiger partial charge is 0.384 e. The highest BCUT2D eigenvalue weighted by atomic mass is 32.2. The Balaban J connectivity index is 1.86. The van der Waals surface area contributed by atoms with Gasteiger partial charge in [-0.2, -0.15) is 0 Å². The van der Waals surface area contributed by atoms with E-state index in [1.165, 1.54) is 12.1 Å². The Morgan fingerprint density at radius 3 is 2.58 bits per heavy atom. The van der Waals surface area contributed by atoms with Crippen molar-refractivity contribution in [3.63, 3.8) is 0 Å². The molecule has 0 aliphatic heterocycles. The summed E-state index contributed by atoms with van der Waals surface area (Å²) < 4.78 is 14.4. The second kappa shape index (κ2) is 5.71. The number of nitrogens with zero attached hydrogens (tertiary/aromatic N) is 3. The highest BCUT2D eigenvalue weighted by Crippen LogP contribution is 2.19. The molecule has 102 valence electrons. The van der Waals surface area contributed by atoms with Gasteiger partial charge < -0.3 is 5.11 Å². The van der Waals surface area contributed by atoms with Crippen LogP contribution in [-0.4, -0.2) is 25.9 Å². The third-order valence-corrected chi connectivity index (χ3v) is 3.56. The average Bonchev–Trinajstić information content (AvgIpc) is 2.80. The Bertz CT molecular complexity index is 534. The van der Waals surface area contributed by atoms with Crippen molar-refractivity contribution in [2.75, 3.05) is 5.75 Å². The molecular weight excluding hydrogens is 265 g/mol. The molecule has 0 saturated heterocycles. The summed E-state index contributed by atoms with van der Waals surface area (Å²) in [6.45, 7) is 4.04. The molecule has 0 fully saturated rings. The van der Waals surface area contributed by atoms with E-state index in [4.69, 9.17) is 0 Å².